The molecule has 1 amide bonds. The van der Waals surface area contributed by atoms with Gasteiger partial charge in [-0.2, -0.15) is 8.78 Å². The summed E-state index contributed by atoms with van der Waals surface area (Å²) >= 11 is 0. The number of nitrogens with zero attached hydrogens (tertiary/aromatic N) is 1. The average molecular weight is 437 g/mol. The number of primary amides is 1. The standard InChI is InChI=1S/C21H18F2N2O4.ClH/c22-21(23)28-15-9-8-14(10-16(15)27-11-12-6-7-12)20-25-17(19(24)26)18(29-20)13-4-2-1-3-5-13;/h1-5,8-10,12,21H,6-7,11H2,(H2,24,26);1H. The van der Waals surface area contributed by atoms with Crippen molar-refractivity contribution in [3.05, 3.63) is 54.2 Å². The van der Waals surface area contributed by atoms with Crippen molar-refractivity contribution in [2.45, 2.75) is 19.5 Å². The van der Waals surface area contributed by atoms with Gasteiger partial charge in [0.05, 0.1) is 6.61 Å². The lowest BCUT2D eigenvalue weighted by Crippen LogP contribution is -2.12. The van der Waals surface area contributed by atoms with E-state index in [0.29, 0.717) is 23.7 Å². The van der Waals surface area contributed by atoms with E-state index in [1.807, 2.05) is 6.07 Å². The molecular weight excluding hydrogens is 418 g/mol. The van der Waals surface area contributed by atoms with Crippen molar-refractivity contribution in [1.82, 2.24) is 4.98 Å². The van der Waals surface area contributed by atoms with Crippen molar-refractivity contribution in [1.29, 1.82) is 0 Å². The number of hydrogen-bond donors (Lipinski definition) is 1. The van der Waals surface area contributed by atoms with E-state index in [9.17, 15) is 13.6 Å². The fourth-order valence-electron chi connectivity index (χ4n) is 2.84. The summed E-state index contributed by atoms with van der Waals surface area (Å²) < 4.78 is 41.4. The highest BCUT2D eigenvalue weighted by Crippen LogP contribution is 2.37. The predicted molar refractivity (Wildman–Crippen MR) is 108 cm³/mol. The molecule has 0 unspecified atom stereocenters. The van der Waals surface area contributed by atoms with E-state index in [1.54, 1.807) is 24.3 Å². The maximum absolute atomic E-state index is 12.7. The Labute approximate surface area is 177 Å². The van der Waals surface area contributed by atoms with Crippen molar-refractivity contribution in [3.8, 4) is 34.3 Å². The minimum atomic E-state index is -2.97. The van der Waals surface area contributed by atoms with Crippen LogP contribution < -0.4 is 15.2 Å². The summed E-state index contributed by atoms with van der Waals surface area (Å²) in [5.74, 6) is 0.135. The number of benzene rings is 2. The number of hydrogen-bond acceptors (Lipinski definition) is 5. The Balaban J connectivity index is 0.00000256. The van der Waals surface area contributed by atoms with E-state index in [-0.39, 0.29) is 41.3 Å². The molecule has 0 bridgehead atoms. The summed E-state index contributed by atoms with van der Waals surface area (Å²) in [4.78, 5) is 16.0. The molecule has 6 nitrogen and oxygen atoms in total. The Kier molecular flexibility index (Phi) is 6.56. The molecule has 1 heterocycles. The van der Waals surface area contributed by atoms with E-state index < -0.39 is 12.5 Å². The third-order valence-electron chi connectivity index (χ3n) is 4.47. The van der Waals surface area contributed by atoms with Crippen molar-refractivity contribution in [3.63, 3.8) is 0 Å². The normalized spacial score (nSPS) is 13.0. The van der Waals surface area contributed by atoms with Crippen LogP contribution in [0.4, 0.5) is 8.78 Å². The number of halogens is 3. The Morgan fingerprint density at radius 2 is 1.87 bits per heavy atom. The quantitative estimate of drug-likeness (QED) is 0.541. The fraction of sp³-hybridized carbons (Fsp3) is 0.238. The molecule has 0 aliphatic heterocycles. The number of nitrogens with two attached hydrogens (primary N) is 1. The van der Waals surface area contributed by atoms with Gasteiger partial charge in [-0.25, -0.2) is 4.98 Å². The molecule has 158 valence electrons. The van der Waals surface area contributed by atoms with E-state index in [2.05, 4.69) is 9.72 Å². The highest BCUT2D eigenvalue weighted by Gasteiger charge is 2.24. The summed E-state index contributed by atoms with van der Waals surface area (Å²) in [7, 11) is 0. The Bertz CT molecular complexity index is 1020. The third-order valence-corrected chi connectivity index (χ3v) is 4.47. The smallest absolute Gasteiger partial charge is 0.387 e. The molecule has 3 aromatic rings. The van der Waals surface area contributed by atoms with Gasteiger partial charge in [0.15, 0.2) is 23.0 Å². The number of carbonyl (C=O) groups excluding carboxylic acids is 1. The number of amides is 1. The second-order valence-corrected chi connectivity index (χ2v) is 6.72. The number of ether oxygens (including phenoxy) is 2. The monoisotopic (exact) mass is 436 g/mol. The van der Waals surface area contributed by atoms with Crippen LogP contribution in [0.3, 0.4) is 0 Å². The van der Waals surface area contributed by atoms with Gasteiger partial charge in [-0.15, -0.1) is 12.4 Å². The zero-order chi connectivity index (χ0) is 20.4. The van der Waals surface area contributed by atoms with Gasteiger partial charge in [-0.1, -0.05) is 30.3 Å². The Morgan fingerprint density at radius 3 is 2.50 bits per heavy atom. The maximum Gasteiger partial charge on any atom is 0.387 e. The topological polar surface area (TPSA) is 87.6 Å². The zero-order valence-electron chi connectivity index (χ0n) is 15.7. The number of oxazole rings is 1. The van der Waals surface area contributed by atoms with Gasteiger partial charge in [0, 0.05) is 11.1 Å². The Hall–Kier alpha value is -3.13. The van der Waals surface area contributed by atoms with Gasteiger partial charge in [-0.05, 0) is 37.0 Å². The van der Waals surface area contributed by atoms with Crippen LogP contribution in [0.2, 0.25) is 0 Å². The minimum Gasteiger partial charge on any atom is -0.489 e. The SMILES string of the molecule is Cl.NC(=O)c1nc(-c2ccc(OC(F)F)c(OCC3CC3)c2)oc1-c1ccccc1. The maximum atomic E-state index is 12.7. The lowest BCUT2D eigenvalue weighted by Gasteiger charge is -2.12. The van der Waals surface area contributed by atoms with Crippen LogP contribution in [-0.2, 0) is 0 Å². The first-order chi connectivity index (χ1) is 14.0. The summed E-state index contributed by atoms with van der Waals surface area (Å²) in [6.07, 6.45) is 2.10. The molecule has 0 radical (unpaired) electrons. The number of alkyl halides is 2. The van der Waals surface area contributed by atoms with Crippen LogP contribution in [-0.4, -0.2) is 24.1 Å². The number of aromatic nitrogens is 1. The number of carbonyl (C=O) groups is 1. The van der Waals surface area contributed by atoms with Crippen LogP contribution in [0.5, 0.6) is 11.5 Å². The second kappa shape index (κ2) is 9.13. The first kappa shape index (κ1) is 21.6. The summed E-state index contributed by atoms with van der Waals surface area (Å²) in [5, 5.41) is 0. The molecule has 0 spiro atoms. The van der Waals surface area contributed by atoms with E-state index in [0.717, 1.165) is 12.8 Å². The van der Waals surface area contributed by atoms with Gasteiger partial charge in [0.25, 0.3) is 5.91 Å². The lowest BCUT2D eigenvalue weighted by atomic mass is 10.1. The fourth-order valence-corrected chi connectivity index (χ4v) is 2.84. The molecule has 1 aliphatic rings. The molecule has 1 fully saturated rings. The highest BCUT2D eigenvalue weighted by molar-refractivity contribution is 5.97. The zero-order valence-corrected chi connectivity index (χ0v) is 16.5. The van der Waals surface area contributed by atoms with Crippen molar-refractivity contribution < 1.29 is 27.5 Å². The second-order valence-electron chi connectivity index (χ2n) is 6.72. The molecule has 2 N–H and O–H groups in total. The molecule has 0 atom stereocenters. The largest absolute Gasteiger partial charge is 0.489 e. The lowest BCUT2D eigenvalue weighted by molar-refractivity contribution is -0.0515. The van der Waals surface area contributed by atoms with Crippen LogP contribution in [0.1, 0.15) is 23.3 Å². The molecule has 9 heteroatoms. The summed E-state index contributed by atoms with van der Waals surface area (Å²) in [5.41, 5.74) is 6.52. The molecule has 2 aromatic carbocycles. The van der Waals surface area contributed by atoms with Gasteiger partial charge in [0.2, 0.25) is 5.89 Å². The molecular formula is C21H19ClF2N2O4. The van der Waals surface area contributed by atoms with Crippen molar-refractivity contribution in [2.24, 2.45) is 11.7 Å². The molecule has 0 saturated heterocycles. The van der Waals surface area contributed by atoms with Crippen LogP contribution in [0.25, 0.3) is 22.8 Å². The van der Waals surface area contributed by atoms with Crippen LogP contribution >= 0.6 is 12.4 Å². The first-order valence-corrected chi connectivity index (χ1v) is 9.09. The van der Waals surface area contributed by atoms with Crippen molar-refractivity contribution in [2.75, 3.05) is 6.61 Å². The molecule has 1 saturated carbocycles. The van der Waals surface area contributed by atoms with Gasteiger partial charge < -0.3 is 19.6 Å². The van der Waals surface area contributed by atoms with E-state index in [1.165, 1.54) is 18.2 Å². The Morgan fingerprint density at radius 1 is 1.13 bits per heavy atom. The van der Waals surface area contributed by atoms with Gasteiger partial charge in [-0.3, -0.25) is 4.79 Å². The number of rotatable bonds is 8. The highest BCUT2D eigenvalue weighted by atomic mass is 35.5. The third kappa shape index (κ3) is 4.88. The molecule has 4 rings (SSSR count). The van der Waals surface area contributed by atoms with Crippen molar-refractivity contribution >= 4 is 18.3 Å². The average Bonchev–Trinajstić information content (AvgIpc) is 3.42. The summed E-state index contributed by atoms with van der Waals surface area (Å²) in [6.45, 7) is -2.56. The predicted octanol–water partition coefficient (Wildman–Crippen LogP) is 4.92. The first-order valence-electron chi connectivity index (χ1n) is 9.09. The van der Waals surface area contributed by atoms with Crippen LogP contribution in [0, 0.1) is 5.92 Å². The molecule has 30 heavy (non-hydrogen) atoms. The van der Waals surface area contributed by atoms with Gasteiger partial charge >= 0.3 is 6.61 Å². The van der Waals surface area contributed by atoms with E-state index in [4.69, 9.17) is 14.9 Å². The van der Waals surface area contributed by atoms with Crippen LogP contribution in [0.15, 0.2) is 52.9 Å². The minimum absolute atomic E-state index is 0. The molecule has 1 aliphatic carbocycles. The molecule has 1 aromatic heterocycles. The van der Waals surface area contributed by atoms with Gasteiger partial charge in [0.1, 0.15) is 0 Å². The van der Waals surface area contributed by atoms with E-state index >= 15 is 0 Å². The summed E-state index contributed by atoms with van der Waals surface area (Å²) in [6, 6.07) is 13.3.